The molecule has 0 bridgehead atoms. The van der Waals surface area contributed by atoms with Crippen LogP contribution in [-0.4, -0.2) is 69.3 Å². The molecule has 0 saturated carbocycles. The second-order valence-corrected chi connectivity index (χ2v) is 13.4. The van der Waals surface area contributed by atoms with E-state index in [1.54, 1.807) is 30.3 Å². The van der Waals surface area contributed by atoms with Crippen molar-refractivity contribution in [1.82, 2.24) is 19.7 Å². The highest BCUT2D eigenvalue weighted by Crippen LogP contribution is 2.34. The summed E-state index contributed by atoms with van der Waals surface area (Å²) in [5.41, 5.74) is 3.07. The van der Waals surface area contributed by atoms with Crippen molar-refractivity contribution in [3.63, 3.8) is 0 Å². The molecule has 2 aromatic heterocycles. The summed E-state index contributed by atoms with van der Waals surface area (Å²) in [7, 11) is 1.28. The first-order chi connectivity index (χ1) is 21.4. The lowest BCUT2D eigenvalue weighted by atomic mass is 10.2. The van der Waals surface area contributed by atoms with E-state index in [0.29, 0.717) is 29.2 Å². The minimum Gasteiger partial charge on any atom is -0.406 e. The molecule has 234 valence electrons. The summed E-state index contributed by atoms with van der Waals surface area (Å²) in [5.74, 6) is 0.401. The molecule has 0 spiro atoms. The van der Waals surface area contributed by atoms with Gasteiger partial charge in [0.15, 0.2) is 5.17 Å². The number of carbonyl (C=O) groups is 2. The minimum absolute atomic E-state index is 0.130. The zero-order valence-electron chi connectivity index (χ0n) is 24.6. The normalized spacial score (nSPS) is 14.4. The third-order valence-electron chi connectivity index (χ3n) is 6.45. The second kappa shape index (κ2) is 13.2. The van der Waals surface area contributed by atoms with Crippen LogP contribution >= 0.6 is 19.7 Å². The Labute approximate surface area is 262 Å². The molecule has 5 rings (SSSR count). The number of anilines is 3. The second-order valence-electron chi connectivity index (χ2n) is 10.2. The number of amides is 3. The van der Waals surface area contributed by atoms with Gasteiger partial charge in [0.25, 0.3) is 0 Å². The van der Waals surface area contributed by atoms with Gasteiger partial charge in [-0.15, -0.1) is 18.3 Å². The van der Waals surface area contributed by atoms with Crippen molar-refractivity contribution >= 4 is 59.5 Å². The summed E-state index contributed by atoms with van der Waals surface area (Å²) in [6.07, 6.45) is -1.72. The Kier molecular flexibility index (Phi) is 9.40. The molecule has 3 heterocycles. The zero-order valence-corrected chi connectivity index (χ0v) is 26.3. The standard InChI is InChI=1S/C29H28F3N8O3PS/c1-18-5-11-23(44(3)4)22(13-18)40-25(41)16-45-28(40)36-27(42)35-24-12-6-19(14-33-24)15-38(2)26-34-17-39(37-26)20-7-9-21(10-8-20)43-29(30,31)32/h5-14,17H,15-16H2,1-4H3,(H,33,35,42)/b36-28-. The van der Waals surface area contributed by atoms with Gasteiger partial charge in [-0.3, -0.25) is 15.0 Å². The summed E-state index contributed by atoms with van der Waals surface area (Å²) in [5, 5.41) is 8.41. The van der Waals surface area contributed by atoms with Crippen LogP contribution in [0.4, 0.5) is 35.4 Å². The van der Waals surface area contributed by atoms with Crippen LogP contribution in [0.1, 0.15) is 11.1 Å². The molecule has 0 radical (unpaired) electrons. The Morgan fingerprint density at radius 2 is 1.89 bits per heavy atom. The third kappa shape index (κ3) is 7.97. The number of ether oxygens (including phenoxy) is 1. The summed E-state index contributed by atoms with van der Waals surface area (Å²) < 4.78 is 42.6. The number of hydrogen-bond donors (Lipinski definition) is 1. The van der Waals surface area contributed by atoms with Crippen molar-refractivity contribution < 1.29 is 27.5 Å². The Morgan fingerprint density at radius 1 is 1.13 bits per heavy atom. The lowest BCUT2D eigenvalue weighted by Crippen LogP contribution is -2.33. The molecule has 0 aliphatic carbocycles. The molecule has 1 fully saturated rings. The van der Waals surface area contributed by atoms with Gasteiger partial charge in [-0.1, -0.05) is 37.9 Å². The first kappa shape index (κ1) is 31.9. The van der Waals surface area contributed by atoms with E-state index in [2.05, 4.69) is 43.4 Å². The molecule has 11 nitrogen and oxygen atoms in total. The third-order valence-corrected chi connectivity index (χ3v) is 8.72. The maximum absolute atomic E-state index is 12.8. The van der Waals surface area contributed by atoms with Crippen LogP contribution in [-0.2, 0) is 11.3 Å². The number of nitrogens with zero attached hydrogens (tertiary/aromatic N) is 7. The van der Waals surface area contributed by atoms with E-state index < -0.39 is 20.3 Å². The minimum atomic E-state index is -4.77. The van der Waals surface area contributed by atoms with E-state index in [1.807, 2.05) is 25.1 Å². The van der Waals surface area contributed by atoms with Gasteiger partial charge in [-0.05, 0) is 73.1 Å². The van der Waals surface area contributed by atoms with Crippen LogP contribution in [0.15, 0.2) is 72.1 Å². The van der Waals surface area contributed by atoms with Gasteiger partial charge in [-0.2, -0.15) is 9.98 Å². The predicted molar refractivity (Wildman–Crippen MR) is 170 cm³/mol. The average Bonchev–Trinajstić information content (AvgIpc) is 3.60. The number of urea groups is 1. The van der Waals surface area contributed by atoms with Gasteiger partial charge in [-0.25, -0.2) is 14.5 Å². The summed E-state index contributed by atoms with van der Waals surface area (Å²) >= 11 is 1.22. The number of alkyl halides is 3. The molecular weight excluding hydrogens is 628 g/mol. The van der Waals surface area contributed by atoms with E-state index >= 15 is 0 Å². The summed E-state index contributed by atoms with van der Waals surface area (Å²) in [6, 6.07) is 14.0. The smallest absolute Gasteiger partial charge is 0.406 e. The fourth-order valence-corrected chi connectivity index (χ4v) is 6.24. The van der Waals surface area contributed by atoms with E-state index in [4.69, 9.17) is 0 Å². The predicted octanol–water partition coefficient (Wildman–Crippen LogP) is 5.54. The highest BCUT2D eigenvalue weighted by atomic mass is 32.2. The lowest BCUT2D eigenvalue weighted by Gasteiger charge is -2.22. The molecule has 4 aromatic rings. The van der Waals surface area contributed by atoms with Crippen molar-refractivity contribution in [3.8, 4) is 11.4 Å². The van der Waals surface area contributed by atoms with Gasteiger partial charge >= 0.3 is 12.4 Å². The summed E-state index contributed by atoms with van der Waals surface area (Å²) in [6.45, 7) is 6.56. The topological polar surface area (TPSA) is 118 Å². The van der Waals surface area contributed by atoms with Crippen LogP contribution in [0.25, 0.3) is 5.69 Å². The van der Waals surface area contributed by atoms with Crippen LogP contribution in [0.3, 0.4) is 0 Å². The molecule has 1 aliphatic heterocycles. The molecule has 1 N–H and O–H groups in total. The fraction of sp³-hybridized carbons (Fsp3) is 0.241. The maximum atomic E-state index is 12.8. The van der Waals surface area contributed by atoms with E-state index in [-0.39, 0.29) is 17.4 Å². The molecule has 0 unspecified atom stereocenters. The van der Waals surface area contributed by atoms with Crippen molar-refractivity contribution in [2.24, 2.45) is 4.99 Å². The van der Waals surface area contributed by atoms with Gasteiger partial charge in [0.1, 0.15) is 17.9 Å². The van der Waals surface area contributed by atoms with Gasteiger partial charge in [0, 0.05) is 19.8 Å². The number of pyridine rings is 1. The van der Waals surface area contributed by atoms with E-state index in [0.717, 1.165) is 22.1 Å². The van der Waals surface area contributed by atoms with Crippen LogP contribution in [0.5, 0.6) is 5.75 Å². The Morgan fingerprint density at radius 3 is 2.56 bits per heavy atom. The molecule has 16 heteroatoms. The molecular formula is C29H28F3N8O3PS. The molecule has 3 amide bonds. The van der Waals surface area contributed by atoms with Crippen LogP contribution in [0.2, 0.25) is 0 Å². The lowest BCUT2D eigenvalue weighted by molar-refractivity contribution is -0.274. The number of carbonyl (C=O) groups excluding carboxylic acids is 2. The SMILES string of the molecule is Cc1ccc(P(C)C)c(N2C(=O)CS/C2=N\C(=O)Nc2ccc(CN(C)c3ncn(-c4ccc(OC(F)(F)F)cc4)n3)cn2)c1. The van der Waals surface area contributed by atoms with Crippen LogP contribution < -0.4 is 25.2 Å². The highest BCUT2D eigenvalue weighted by molar-refractivity contribution is 8.15. The summed E-state index contributed by atoms with van der Waals surface area (Å²) in [4.78, 5) is 41.7. The monoisotopic (exact) mass is 656 g/mol. The number of aliphatic imine (C=N–C) groups is 1. The number of amidine groups is 1. The van der Waals surface area contributed by atoms with Crippen molar-refractivity contribution in [1.29, 1.82) is 0 Å². The first-order valence-corrected chi connectivity index (χ1v) is 16.7. The number of rotatable bonds is 8. The Hall–Kier alpha value is -4.49. The quantitative estimate of drug-likeness (QED) is 0.246. The average molecular weight is 657 g/mol. The van der Waals surface area contributed by atoms with Crippen molar-refractivity contribution in [2.75, 3.05) is 41.2 Å². The molecule has 45 heavy (non-hydrogen) atoms. The van der Waals surface area contributed by atoms with Crippen molar-refractivity contribution in [2.45, 2.75) is 19.8 Å². The van der Waals surface area contributed by atoms with Gasteiger partial charge in [0.2, 0.25) is 11.9 Å². The first-order valence-electron chi connectivity index (χ1n) is 13.4. The number of nitrogens with one attached hydrogen (secondary N) is 1. The molecule has 1 aliphatic rings. The largest absolute Gasteiger partial charge is 0.573 e. The Balaban J connectivity index is 1.21. The molecule has 0 atom stereocenters. The van der Waals surface area contributed by atoms with E-state index in [1.165, 1.54) is 51.9 Å². The maximum Gasteiger partial charge on any atom is 0.573 e. The van der Waals surface area contributed by atoms with Crippen molar-refractivity contribution in [3.05, 3.63) is 78.2 Å². The Bertz CT molecular complexity index is 1730. The van der Waals surface area contributed by atoms with Crippen LogP contribution in [0, 0.1) is 6.92 Å². The zero-order chi connectivity index (χ0) is 32.3. The van der Waals surface area contributed by atoms with E-state index in [9.17, 15) is 22.8 Å². The highest BCUT2D eigenvalue weighted by Gasteiger charge is 2.33. The molecule has 2 aromatic carbocycles. The number of benzene rings is 2. The number of hydrogen-bond acceptors (Lipinski definition) is 8. The fourth-order valence-electron chi connectivity index (χ4n) is 4.39. The number of aryl methyl sites for hydroxylation is 1. The molecule has 1 saturated heterocycles. The number of halogens is 3. The number of thioether (sulfide) groups is 1. The number of aromatic nitrogens is 4. The van der Waals surface area contributed by atoms with Gasteiger partial charge in [0.05, 0.1) is 17.1 Å². The van der Waals surface area contributed by atoms with Gasteiger partial charge < -0.3 is 9.64 Å².